The van der Waals surface area contributed by atoms with Gasteiger partial charge in [-0.3, -0.25) is 9.59 Å². The van der Waals surface area contributed by atoms with Crippen LogP contribution in [0, 0.1) is 11.3 Å². The second-order valence-corrected chi connectivity index (χ2v) is 5.67. The van der Waals surface area contributed by atoms with E-state index in [-0.39, 0.29) is 11.3 Å². The number of carboxylic acid groups (broad SMARTS) is 1. The van der Waals surface area contributed by atoms with Gasteiger partial charge >= 0.3 is 5.97 Å². The molecule has 0 aromatic carbocycles. The zero-order chi connectivity index (χ0) is 12.9. The van der Waals surface area contributed by atoms with Gasteiger partial charge in [0.1, 0.15) is 6.42 Å². The van der Waals surface area contributed by atoms with Gasteiger partial charge < -0.3 is 10.4 Å². The van der Waals surface area contributed by atoms with E-state index in [4.69, 9.17) is 5.11 Å². The Morgan fingerprint density at radius 2 is 1.82 bits per heavy atom. The molecule has 1 aliphatic rings. The lowest BCUT2D eigenvalue weighted by Crippen LogP contribution is -2.39. The summed E-state index contributed by atoms with van der Waals surface area (Å²) in [4.78, 5) is 21.7. The van der Waals surface area contributed by atoms with Crippen molar-refractivity contribution in [2.45, 2.75) is 52.4 Å². The van der Waals surface area contributed by atoms with Gasteiger partial charge in [-0.05, 0) is 24.2 Å². The number of amides is 1. The molecule has 1 amide bonds. The van der Waals surface area contributed by atoms with Crippen molar-refractivity contribution in [3.8, 4) is 0 Å². The average molecular weight is 241 g/mol. The Kier molecular flexibility index (Phi) is 4.97. The fourth-order valence-electron chi connectivity index (χ4n) is 2.55. The van der Waals surface area contributed by atoms with E-state index in [0.717, 1.165) is 0 Å². The average Bonchev–Trinajstić information content (AvgIpc) is 2.27. The predicted molar refractivity (Wildman–Crippen MR) is 65.6 cm³/mol. The van der Waals surface area contributed by atoms with Crippen LogP contribution in [-0.2, 0) is 9.59 Å². The largest absolute Gasteiger partial charge is 0.481 e. The standard InChI is InChI=1S/C13H23NO3/c1-13(2,10-6-4-3-5-7-10)9-14-11(15)8-12(16)17/h10H,3-9H2,1-2H3,(H,14,15)(H,16,17). The number of carbonyl (C=O) groups excluding carboxylic acids is 1. The van der Waals surface area contributed by atoms with Gasteiger partial charge in [-0.15, -0.1) is 0 Å². The summed E-state index contributed by atoms with van der Waals surface area (Å²) in [6, 6.07) is 0. The number of rotatable bonds is 5. The minimum Gasteiger partial charge on any atom is -0.481 e. The molecule has 0 saturated heterocycles. The van der Waals surface area contributed by atoms with Crippen molar-refractivity contribution < 1.29 is 14.7 Å². The first-order chi connectivity index (χ1) is 7.92. The second kappa shape index (κ2) is 6.03. The zero-order valence-corrected chi connectivity index (χ0v) is 10.8. The van der Waals surface area contributed by atoms with Crippen molar-refractivity contribution in [3.05, 3.63) is 0 Å². The third-order valence-electron chi connectivity index (χ3n) is 3.76. The Labute approximate surface area is 103 Å². The number of carboxylic acids is 1. The molecule has 17 heavy (non-hydrogen) atoms. The first-order valence-corrected chi connectivity index (χ1v) is 6.40. The third-order valence-corrected chi connectivity index (χ3v) is 3.76. The second-order valence-electron chi connectivity index (χ2n) is 5.67. The first kappa shape index (κ1) is 14.0. The van der Waals surface area contributed by atoms with E-state index in [1.165, 1.54) is 32.1 Å². The van der Waals surface area contributed by atoms with Gasteiger partial charge in [0, 0.05) is 6.54 Å². The molecule has 98 valence electrons. The maximum Gasteiger partial charge on any atom is 0.312 e. The summed E-state index contributed by atoms with van der Waals surface area (Å²) >= 11 is 0. The van der Waals surface area contributed by atoms with Gasteiger partial charge in [0.2, 0.25) is 5.91 Å². The van der Waals surface area contributed by atoms with Crippen LogP contribution in [0.25, 0.3) is 0 Å². The Balaban J connectivity index is 2.37. The number of hydrogen-bond donors (Lipinski definition) is 2. The molecule has 0 bridgehead atoms. The molecule has 2 N–H and O–H groups in total. The molecule has 4 heteroatoms. The molecule has 1 aliphatic carbocycles. The van der Waals surface area contributed by atoms with Gasteiger partial charge in [-0.1, -0.05) is 33.1 Å². The molecule has 0 radical (unpaired) electrons. The Morgan fingerprint density at radius 3 is 2.35 bits per heavy atom. The highest BCUT2D eigenvalue weighted by atomic mass is 16.4. The van der Waals surface area contributed by atoms with Crippen LogP contribution in [-0.4, -0.2) is 23.5 Å². The number of nitrogens with one attached hydrogen (secondary N) is 1. The van der Waals surface area contributed by atoms with Gasteiger partial charge in [0.15, 0.2) is 0 Å². The van der Waals surface area contributed by atoms with E-state index in [9.17, 15) is 9.59 Å². The Morgan fingerprint density at radius 1 is 1.24 bits per heavy atom. The topological polar surface area (TPSA) is 66.4 Å². The highest BCUT2D eigenvalue weighted by molar-refractivity contribution is 5.93. The van der Waals surface area contributed by atoms with Crippen LogP contribution in [0.15, 0.2) is 0 Å². The minimum atomic E-state index is -1.07. The fraction of sp³-hybridized carbons (Fsp3) is 0.846. The van der Waals surface area contributed by atoms with Crippen molar-refractivity contribution in [1.29, 1.82) is 0 Å². The van der Waals surface area contributed by atoms with Gasteiger partial charge in [-0.2, -0.15) is 0 Å². The molecule has 0 aromatic heterocycles. The van der Waals surface area contributed by atoms with Crippen LogP contribution in [0.4, 0.5) is 0 Å². The molecule has 0 spiro atoms. The van der Waals surface area contributed by atoms with Gasteiger partial charge in [0.05, 0.1) is 0 Å². The van der Waals surface area contributed by atoms with E-state index in [0.29, 0.717) is 12.5 Å². The van der Waals surface area contributed by atoms with Crippen LogP contribution in [0.5, 0.6) is 0 Å². The van der Waals surface area contributed by atoms with Crippen LogP contribution in [0.1, 0.15) is 52.4 Å². The van der Waals surface area contributed by atoms with Gasteiger partial charge in [-0.25, -0.2) is 0 Å². The SMILES string of the molecule is CC(C)(CNC(=O)CC(=O)O)C1CCCCC1. The van der Waals surface area contributed by atoms with E-state index in [1.54, 1.807) is 0 Å². The van der Waals surface area contributed by atoms with Crippen LogP contribution >= 0.6 is 0 Å². The van der Waals surface area contributed by atoms with E-state index in [2.05, 4.69) is 19.2 Å². The van der Waals surface area contributed by atoms with Crippen molar-refractivity contribution in [2.24, 2.45) is 11.3 Å². The first-order valence-electron chi connectivity index (χ1n) is 6.40. The molecule has 0 unspecified atom stereocenters. The summed E-state index contributed by atoms with van der Waals surface area (Å²) < 4.78 is 0. The van der Waals surface area contributed by atoms with Crippen LogP contribution < -0.4 is 5.32 Å². The molecule has 1 rings (SSSR count). The lowest BCUT2D eigenvalue weighted by Gasteiger charge is -2.37. The normalized spacial score (nSPS) is 17.8. The van der Waals surface area contributed by atoms with Crippen molar-refractivity contribution in [2.75, 3.05) is 6.54 Å². The molecule has 4 nitrogen and oxygen atoms in total. The zero-order valence-electron chi connectivity index (χ0n) is 10.8. The molecular formula is C13H23NO3. The monoisotopic (exact) mass is 241 g/mol. The molecular weight excluding hydrogens is 218 g/mol. The summed E-state index contributed by atoms with van der Waals surface area (Å²) in [5, 5.41) is 11.2. The highest BCUT2D eigenvalue weighted by Crippen LogP contribution is 2.37. The summed E-state index contributed by atoms with van der Waals surface area (Å²) in [5.41, 5.74) is 0.0641. The molecule has 1 saturated carbocycles. The smallest absolute Gasteiger partial charge is 0.312 e. The maximum absolute atomic E-state index is 11.3. The molecule has 0 heterocycles. The quantitative estimate of drug-likeness (QED) is 0.725. The predicted octanol–water partition coefficient (Wildman–Crippen LogP) is 2.18. The number of carbonyl (C=O) groups is 2. The third kappa shape index (κ3) is 4.75. The van der Waals surface area contributed by atoms with Crippen LogP contribution in [0.3, 0.4) is 0 Å². The molecule has 1 fully saturated rings. The molecule has 0 atom stereocenters. The Bertz CT molecular complexity index is 280. The molecule has 0 aliphatic heterocycles. The van der Waals surface area contributed by atoms with Crippen molar-refractivity contribution in [3.63, 3.8) is 0 Å². The summed E-state index contributed by atoms with van der Waals surface area (Å²) in [7, 11) is 0. The molecule has 0 aromatic rings. The van der Waals surface area contributed by atoms with E-state index >= 15 is 0 Å². The highest BCUT2D eigenvalue weighted by Gasteiger charge is 2.30. The minimum absolute atomic E-state index is 0.0641. The summed E-state index contributed by atoms with van der Waals surface area (Å²) in [6.07, 6.45) is 5.89. The lowest BCUT2D eigenvalue weighted by molar-refractivity contribution is -0.140. The van der Waals surface area contributed by atoms with E-state index in [1.807, 2.05) is 0 Å². The Hall–Kier alpha value is -1.06. The number of hydrogen-bond acceptors (Lipinski definition) is 2. The van der Waals surface area contributed by atoms with Crippen LogP contribution in [0.2, 0.25) is 0 Å². The maximum atomic E-state index is 11.3. The van der Waals surface area contributed by atoms with Crippen molar-refractivity contribution >= 4 is 11.9 Å². The summed E-state index contributed by atoms with van der Waals surface area (Å²) in [6.45, 7) is 4.89. The number of aliphatic carboxylic acids is 1. The fourth-order valence-corrected chi connectivity index (χ4v) is 2.55. The summed E-state index contributed by atoms with van der Waals surface area (Å²) in [5.74, 6) is -0.819. The van der Waals surface area contributed by atoms with Crippen molar-refractivity contribution in [1.82, 2.24) is 5.32 Å². The van der Waals surface area contributed by atoms with E-state index < -0.39 is 12.4 Å². The lowest BCUT2D eigenvalue weighted by atomic mass is 9.71. The van der Waals surface area contributed by atoms with Gasteiger partial charge in [0.25, 0.3) is 0 Å².